The van der Waals surface area contributed by atoms with Crippen LogP contribution in [-0.4, -0.2) is 66.3 Å². The van der Waals surface area contributed by atoms with E-state index in [0.29, 0.717) is 24.7 Å². The van der Waals surface area contributed by atoms with Gasteiger partial charge in [-0.25, -0.2) is 0 Å². The van der Waals surface area contributed by atoms with Gasteiger partial charge in [0, 0.05) is 13.7 Å². The molecule has 0 aromatic heterocycles. The number of rotatable bonds is 8. The lowest BCUT2D eigenvalue weighted by Gasteiger charge is -2.39. The van der Waals surface area contributed by atoms with Crippen LogP contribution in [0.15, 0.2) is 18.2 Å². The molecule has 0 bridgehead atoms. The molecule has 0 saturated carbocycles. The molecule has 5 unspecified atom stereocenters. The number of nitrogens with one attached hydrogen (secondary N) is 1. The van der Waals surface area contributed by atoms with Crippen molar-refractivity contribution in [1.82, 2.24) is 0 Å². The summed E-state index contributed by atoms with van der Waals surface area (Å²) in [5, 5.41) is 32.6. The van der Waals surface area contributed by atoms with Gasteiger partial charge < -0.3 is 34.8 Å². The molecule has 1 aliphatic rings. The number of hydrogen-bond donors (Lipinski definition) is 4. The molecule has 0 spiro atoms. The predicted molar refractivity (Wildman–Crippen MR) is 85.8 cm³/mol. The Morgan fingerprint density at radius 1 is 1.20 bits per heavy atom. The Morgan fingerprint density at radius 2 is 1.92 bits per heavy atom. The van der Waals surface area contributed by atoms with Gasteiger partial charge in [-0.1, -0.05) is 6.07 Å². The maximum absolute atomic E-state index is 10.5. The predicted octanol–water partition coefficient (Wildman–Crippen LogP) is -0.418. The normalized spacial score (nSPS) is 29.1. The third kappa shape index (κ3) is 4.59. The van der Waals surface area contributed by atoms with Gasteiger partial charge in [0.2, 0.25) is 12.6 Å². The van der Waals surface area contributed by atoms with Crippen LogP contribution in [0.1, 0.15) is 12.5 Å². The van der Waals surface area contributed by atoms with E-state index in [0.717, 1.165) is 5.56 Å². The van der Waals surface area contributed by atoms with Gasteiger partial charge in [-0.15, -0.1) is 0 Å². The van der Waals surface area contributed by atoms with Crippen LogP contribution in [0.5, 0.6) is 5.75 Å². The molecule has 5 atom stereocenters. The Balaban J connectivity index is 2.15. The highest BCUT2D eigenvalue weighted by Gasteiger charge is 2.46. The Bertz CT molecular complexity index is 569. The van der Waals surface area contributed by atoms with Crippen molar-refractivity contribution in [2.24, 2.45) is 0 Å². The van der Waals surface area contributed by atoms with Gasteiger partial charge >= 0.3 is 0 Å². The summed E-state index contributed by atoms with van der Waals surface area (Å²) < 4.78 is 20.7. The quantitative estimate of drug-likeness (QED) is 0.459. The van der Waals surface area contributed by atoms with Crippen molar-refractivity contribution in [3.63, 3.8) is 0 Å². The molecule has 0 aliphatic carbocycles. The Kier molecular flexibility index (Phi) is 6.97. The number of benzene rings is 1. The van der Waals surface area contributed by atoms with E-state index in [4.69, 9.17) is 14.2 Å². The Labute approximate surface area is 145 Å². The molecule has 0 amide bonds. The van der Waals surface area contributed by atoms with E-state index >= 15 is 0 Å². The molecule has 25 heavy (non-hydrogen) atoms. The summed E-state index contributed by atoms with van der Waals surface area (Å²) in [6.45, 7) is 3.01. The smallest absolute Gasteiger partial charge is 0.295 e. The van der Waals surface area contributed by atoms with Gasteiger partial charge in [0.25, 0.3) is 6.47 Å². The number of carbonyl (C=O) groups excluding carboxylic acids is 1. The van der Waals surface area contributed by atoms with E-state index in [1.165, 1.54) is 0 Å². The zero-order valence-electron chi connectivity index (χ0n) is 14.0. The first-order valence-corrected chi connectivity index (χ1v) is 7.85. The second-order valence-corrected chi connectivity index (χ2v) is 5.41. The van der Waals surface area contributed by atoms with Crippen LogP contribution < -0.4 is 10.1 Å². The molecule has 9 heteroatoms. The molecule has 1 saturated heterocycles. The molecule has 1 aromatic rings. The highest BCUT2D eigenvalue weighted by molar-refractivity contribution is 5.57. The lowest BCUT2D eigenvalue weighted by molar-refractivity contribution is -0.321. The summed E-state index contributed by atoms with van der Waals surface area (Å²) in [7, 11) is 1.70. The van der Waals surface area contributed by atoms with Gasteiger partial charge in [-0.2, -0.15) is 0 Å². The van der Waals surface area contributed by atoms with Crippen LogP contribution in [0.4, 0.5) is 5.69 Å². The van der Waals surface area contributed by atoms with Crippen molar-refractivity contribution in [3.05, 3.63) is 23.8 Å². The van der Waals surface area contributed by atoms with E-state index in [2.05, 4.69) is 10.1 Å². The Hall–Kier alpha value is -1.91. The number of ether oxygens (including phenoxy) is 4. The van der Waals surface area contributed by atoms with Crippen LogP contribution in [-0.2, 0) is 25.6 Å². The summed E-state index contributed by atoms with van der Waals surface area (Å²) in [5.41, 5.74) is 1.53. The van der Waals surface area contributed by atoms with Crippen molar-refractivity contribution in [1.29, 1.82) is 0 Å². The van der Waals surface area contributed by atoms with Crippen molar-refractivity contribution in [2.75, 3.05) is 19.0 Å². The molecule has 1 fully saturated rings. The van der Waals surface area contributed by atoms with Gasteiger partial charge in [-0.05, 0) is 24.6 Å². The Morgan fingerprint density at radius 3 is 2.56 bits per heavy atom. The molecule has 140 valence electrons. The zero-order chi connectivity index (χ0) is 18.4. The average Bonchev–Trinajstić information content (AvgIpc) is 2.62. The van der Waals surface area contributed by atoms with Crippen molar-refractivity contribution in [2.45, 2.75) is 44.4 Å². The number of aliphatic hydroxyl groups excluding tert-OH is 3. The second kappa shape index (κ2) is 8.97. The number of hydrogen-bond acceptors (Lipinski definition) is 9. The second-order valence-electron chi connectivity index (χ2n) is 5.41. The van der Waals surface area contributed by atoms with E-state index in [1.807, 2.05) is 13.0 Å². The molecule has 9 nitrogen and oxygen atoms in total. The summed E-state index contributed by atoms with van der Waals surface area (Å²) in [6.07, 6.45) is -7.50. The summed E-state index contributed by atoms with van der Waals surface area (Å²) in [4.78, 5) is 10.5. The van der Waals surface area contributed by atoms with Gasteiger partial charge in [0.05, 0.1) is 12.3 Å². The van der Waals surface area contributed by atoms with Crippen molar-refractivity contribution < 1.29 is 39.1 Å². The highest BCUT2D eigenvalue weighted by atomic mass is 16.8. The van der Waals surface area contributed by atoms with E-state index in [1.54, 1.807) is 19.2 Å². The molecule has 1 aliphatic heterocycles. The average molecular weight is 357 g/mol. The lowest BCUT2D eigenvalue weighted by atomic mass is 10.0. The first-order chi connectivity index (χ1) is 12.0. The fourth-order valence-electron chi connectivity index (χ4n) is 2.39. The summed E-state index contributed by atoms with van der Waals surface area (Å²) in [6, 6.07) is 5.25. The maximum Gasteiger partial charge on any atom is 0.295 e. The van der Waals surface area contributed by atoms with Crippen LogP contribution in [0.3, 0.4) is 0 Å². The minimum Gasteiger partial charge on any atom is -0.460 e. The zero-order valence-corrected chi connectivity index (χ0v) is 14.0. The molecule has 4 N–H and O–H groups in total. The molecule has 0 radical (unpaired) electrons. The molecule has 1 aromatic carbocycles. The van der Waals surface area contributed by atoms with E-state index in [-0.39, 0.29) is 6.47 Å². The van der Waals surface area contributed by atoms with E-state index in [9.17, 15) is 20.1 Å². The fourth-order valence-corrected chi connectivity index (χ4v) is 2.39. The van der Waals surface area contributed by atoms with Gasteiger partial charge in [0.1, 0.15) is 24.1 Å². The third-order valence-electron chi connectivity index (χ3n) is 3.74. The number of aliphatic hydroxyl groups is 3. The highest BCUT2D eigenvalue weighted by Crippen LogP contribution is 2.30. The molecular weight excluding hydrogens is 334 g/mol. The minimum absolute atomic E-state index is 0.0803. The van der Waals surface area contributed by atoms with E-state index < -0.39 is 30.9 Å². The maximum atomic E-state index is 10.5. The van der Waals surface area contributed by atoms with Gasteiger partial charge in [0.15, 0.2) is 0 Å². The fraction of sp³-hybridized carbons (Fsp3) is 0.562. The number of anilines is 1. The van der Waals surface area contributed by atoms with Crippen LogP contribution in [0.25, 0.3) is 0 Å². The summed E-state index contributed by atoms with van der Waals surface area (Å²) in [5.74, 6) is 0.347. The van der Waals surface area contributed by atoms with Crippen LogP contribution in [0.2, 0.25) is 0 Å². The van der Waals surface area contributed by atoms with Crippen molar-refractivity contribution >= 4 is 12.2 Å². The topological polar surface area (TPSA) is 127 Å². The lowest BCUT2D eigenvalue weighted by Crippen LogP contribution is -2.59. The minimum atomic E-state index is -1.60. The standard InChI is InChI=1S/C16H23NO8/c1-3-22-7-9-4-5-11(10(6-9)17-2)24-16-14(21)12(19)13(20)15(25-16)23-8-18/h4-6,8,12-17,19-21H,3,7H2,1-2H3. The van der Waals surface area contributed by atoms with Crippen LogP contribution >= 0.6 is 0 Å². The number of carbonyl (C=O) groups is 1. The van der Waals surface area contributed by atoms with Crippen LogP contribution in [0, 0.1) is 0 Å². The first-order valence-electron chi connectivity index (χ1n) is 7.85. The van der Waals surface area contributed by atoms with Gasteiger partial charge in [-0.3, -0.25) is 9.53 Å². The molecule has 2 rings (SSSR count). The van der Waals surface area contributed by atoms with Crippen molar-refractivity contribution in [3.8, 4) is 5.75 Å². The monoisotopic (exact) mass is 357 g/mol. The molecule has 1 heterocycles. The summed E-state index contributed by atoms with van der Waals surface area (Å²) >= 11 is 0. The third-order valence-corrected chi connectivity index (χ3v) is 3.74. The first kappa shape index (κ1) is 19.4. The SMILES string of the molecule is CCOCc1ccc(OC2OC(OC=O)C(O)C(O)C2O)c(NC)c1. The largest absolute Gasteiger partial charge is 0.460 e. The molecular formula is C16H23NO8.